The minimum atomic E-state index is -2.54. The summed E-state index contributed by atoms with van der Waals surface area (Å²) >= 11 is 2.90. The van der Waals surface area contributed by atoms with E-state index in [1.165, 1.54) is 21.7 Å². The van der Waals surface area contributed by atoms with Gasteiger partial charge in [-0.15, -0.1) is 0 Å². The molecule has 3 aromatic carbocycles. The predicted octanol–water partition coefficient (Wildman–Crippen LogP) is 5.74. The van der Waals surface area contributed by atoms with Gasteiger partial charge in [0.25, 0.3) is 0 Å². The molecule has 0 spiro atoms. The molecule has 0 amide bonds. The Labute approximate surface area is 166 Å². The molecule has 3 heteroatoms. The van der Waals surface area contributed by atoms with Crippen molar-refractivity contribution in [3.8, 4) is 0 Å². The zero-order chi connectivity index (χ0) is 18.0. The zero-order valence-electron chi connectivity index (χ0n) is 15.2. The first kappa shape index (κ1) is 18.8. The summed E-state index contributed by atoms with van der Waals surface area (Å²) in [6, 6.07) is 33.7. The van der Waals surface area contributed by atoms with Gasteiger partial charge in [0.05, 0.1) is 0 Å². The number of hydrogen-bond acceptors (Lipinski definition) is 0. The Balaban J connectivity index is 2.45. The Kier molecular flexibility index (Phi) is 5.25. The molecular weight excluding hydrogens is 450 g/mol. The van der Waals surface area contributed by atoms with Gasteiger partial charge in [0.15, 0.2) is 0 Å². The second kappa shape index (κ2) is 6.98. The SMILES string of the molecule is C[Si](C)(C)CP(I)(c1ccccc1)(c1ccccc1)c1ccccc1. The first-order chi connectivity index (χ1) is 11.8. The summed E-state index contributed by atoms with van der Waals surface area (Å²) in [7, 11) is -1.36. The topological polar surface area (TPSA) is 0 Å². The molecule has 0 fully saturated rings. The fourth-order valence-corrected chi connectivity index (χ4v) is 28.5. The molecule has 3 aromatic rings. The molecule has 0 nitrogen and oxygen atoms in total. The predicted molar refractivity (Wildman–Crippen MR) is 127 cm³/mol. The molecule has 0 saturated heterocycles. The van der Waals surface area contributed by atoms with E-state index in [0.29, 0.717) is 0 Å². The van der Waals surface area contributed by atoms with Crippen LogP contribution >= 0.6 is 26.3 Å². The van der Waals surface area contributed by atoms with E-state index >= 15 is 0 Å². The Hall–Kier alpha value is -0.963. The van der Waals surface area contributed by atoms with Gasteiger partial charge in [-0.2, -0.15) is 0 Å². The van der Waals surface area contributed by atoms with Crippen LogP contribution in [0.2, 0.25) is 19.6 Å². The molecule has 0 bridgehead atoms. The number of halogens is 1. The van der Waals surface area contributed by atoms with E-state index in [0.717, 1.165) is 0 Å². The maximum absolute atomic E-state index is 2.90. The monoisotopic (exact) mass is 476 g/mol. The van der Waals surface area contributed by atoms with Gasteiger partial charge in [0, 0.05) is 0 Å². The van der Waals surface area contributed by atoms with Crippen LogP contribution < -0.4 is 15.9 Å². The van der Waals surface area contributed by atoms with E-state index in [1.807, 2.05) is 0 Å². The van der Waals surface area contributed by atoms with Crippen LogP contribution in [-0.4, -0.2) is 13.9 Å². The summed E-state index contributed by atoms with van der Waals surface area (Å²) in [5.41, 5.74) is 0. The third-order valence-corrected chi connectivity index (χ3v) is 23.0. The molecule has 0 N–H and O–H groups in total. The molecule has 0 aliphatic heterocycles. The molecule has 0 aliphatic rings. The fraction of sp³-hybridized carbons (Fsp3) is 0.182. The third-order valence-electron chi connectivity index (χ3n) is 4.65. The molecule has 0 aromatic heterocycles. The molecule has 25 heavy (non-hydrogen) atoms. The minimum absolute atomic E-state index is 1.27. The van der Waals surface area contributed by atoms with Crippen molar-refractivity contribution in [1.29, 1.82) is 0 Å². The summed E-state index contributed by atoms with van der Waals surface area (Å²) in [5.74, 6) is 1.27. The van der Waals surface area contributed by atoms with Gasteiger partial charge in [-0.3, -0.25) is 0 Å². The van der Waals surface area contributed by atoms with Crippen molar-refractivity contribution in [3.05, 3.63) is 91.0 Å². The Morgan fingerprint density at radius 2 is 0.880 bits per heavy atom. The van der Waals surface area contributed by atoms with Gasteiger partial charge in [-0.1, -0.05) is 0 Å². The van der Waals surface area contributed by atoms with Gasteiger partial charge >= 0.3 is 167 Å². The van der Waals surface area contributed by atoms with Crippen LogP contribution in [0, 0.1) is 0 Å². The molecule has 0 aliphatic carbocycles. The summed E-state index contributed by atoms with van der Waals surface area (Å²) in [4.78, 5) is 0. The second-order valence-corrected chi connectivity index (χ2v) is 24.6. The quantitative estimate of drug-likeness (QED) is 0.250. The normalized spacial score (nSPS) is 13.8. The van der Waals surface area contributed by atoms with E-state index in [1.54, 1.807) is 0 Å². The molecular formula is C22H26IPSi. The van der Waals surface area contributed by atoms with E-state index in [4.69, 9.17) is 0 Å². The Morgan fingerprint density at radius 1 is 0.600 bits per heavy atom. The molecule has 0 heterocycles. The van der Waals surface area contributed by atoms with Crippen molar-refractivity contribution in [2.75, 3.05) is 5.79 Å². The van der Waals surface area contributed by atoms with Crippen molar-refractivity contribution in [2.45, 2.75) is 19.6 Å². The average Bonchev–Trinajstić information content (AvgIpc) is 2.63. The van der Waals surface area contributed by atoms with E-state index in [9.17, 15) is 0 Å². The van der Waals surface area contributed by atoms with Gasteiger partial charge in [0.1, 0.15) is 0 Å². The van der Waals surface area contributed by atoms with Gasteiger partial charge in [0.2, 0.25) is 0 Å². The number of benzene rings is 3. The number of hydrogen-bond donors (Lipinski definition) is 0. The van der Waals surface area contributed by atoms with Gasteiger partial charge in [-0.25, -0.2) is 0 Å². The van der Waals surface area contributed by atoms with Crippen LogP contribution in [0.25, 0.3) is 0 Å². The second-order valence-electron chi connectivity index (χ2n) is 7.91. The van der Waals surface area contributed by atoms with Crippen LogP contribution in [0.1, 0.15) is 0 Å². The Bertz CT molecular complexity index is 727. The van der Waals surface area contributed by atoms with Gasteiger partial charge < -0.3 is 0 Å². The molecule has 0 radical (unpaired) electrons. The van der Waals surface area contributed by atoms with Crippen LogP contribution in [0.5, 0.6) is 0 Å². The van der Waals surface area contributed by atoms with Crippen molar-refractivity contribution < 1.29 is 0 Å². The first-order valence-electron chi connectivity index (χ1n) is 8.74. The van der Waals surface area contributed by atoms with E-state index < -0.39 is 12.3 Å². The fourth-order valence-electron chi connectivity index (χ4n) is 3.83. The van der Waals surface area contributed by atoms with Crippen LogP contribution in [-0.2, 0) is 0 Å². The Morgan fingerprint density at radius 3 is 1.12 bits per heavy atom. The van der Waals surface area contributed by atoms with E-state index in [-0.39, 0.29) is 0 Å². The molecule has 130 valence electrons. The first-order valence-corrected chi connectivity index (χ1v) is 17.7. The van der Waals surface area contributed by atoms with Crippen molar-refractivity contribution in [1.82, 2.24) is 0 Å². The standard InChI is InChI=1S/C22H26IPSi/c1-25(2,3)19-24(23,20-13-7-4-8-14-20,21-15-9-5-10-16-21)22-17-11-6-12-18-22/h4-18H,19H2,1-3H3. The molecule has 0 saturated carbocycles. The summed E-state index contributed by atoms with van der Waals surface area (Å²) in [5, 5.41) is 4.48. The average molecular weight is 476 g/mol. The van der Waals surface area contributed by atoms with Crippen molar-refractivity contribution in [2.24, 2.45) is 0 Å². The summed E-state index contributed by atoms with van der Waals surface area (Å²) < 4.78 is -2.54. The maximum atomic E-state index is 2.90. The van der Waals surface area contributed by atoms with Crippen LogP contribution in [0.3, 0.4) is 0 Å². The van der Waals surface area contributed by atoms with Crippen LogP contribution in [0.15, 0.2) is 91.0 Å². The van der Waals surface area contributed by atoms with Crippen LogP contribution in [0.4, 0.5) is 0 Å². The molecule has 3 rings (SSSR count). The number of rotatable bonds is 5. The summed E-state index contributed by atoms with van der Waals surface area (Å²) in [6.07, 6.45) is 0. The van der Waals surface area contributed by atoms with Crippen molar-refractivity contribution >= 4 is 50.3 Å². The third kappa shape index (κ3) is 3.49. The summed E-state index contributed by atoms with van der Waals surface area (Å²) in [6.45, 7) is 7.51. The van der Waals surface area contributed by atoms with Gasteiger partial charge in [-0.05, 0) is 0 Å². The van der Waals surface area contributed by atoms with E-state index in [2.05, 4.69) is 133 Å². The molecule has 0 unspecified atom stereocenters. The molecule has 0 atom stereocenters. The zero-order valence-corrected chi connectivity index (χ0v) is 19.2. The van der Waals surface area contributed by atoms with Crippen molar-refractivity contribution in [3.63, 3.8) is 0 Å².